The number of hydrogen-bond donors (Lipinski definition) is 0. The Balaban J connectivity index is 1.26. The molecule has 9 heteroatoms. The Bertz CT molecular complexity index is 663. The maximum atomic E-state index is 14.0. The van der Waals surface area contributed by atoms with Crippen molar-refractivity contribution in [2.45, 2.75) is 69.5 Å². The van der Waals surface area contributed by atoms with Gasteiger partial charge >= 0.3 is 12.1 Å². The summed E-state index contributed by atoms with van der Waals surface area (Å²) in [6.07, 6.45) is 4.13. The van der Waals surface area contributed by atoms with Gasteiger partial charge in [-0.15, -0.1) is 0 Å². The van der Waals surface area contributed by atoms with Crippen molar-refractivity contribution in [1.29, 1.82) is 0 Å². The first-order valence-corrected chi connectivity index (χ1v) is 11.1. The number of carbonyl (C=O) groups is 2. The van der Waals surface area contributed by atoms with E-state index < -0.39 is 24.4 Å². The Morgan fingerprint density at radius 1 is 1.03 bits per heavy atom. The third-order valence-electron chi connectivity index (χ3n) is 7.57. The fraction of sp³-hybridized carbons (Fsp3) is 0.905. The van der Waals surface area contributed by atoms with Gasteiger partial charge < -0.3 is 19.3 Å². The molecule has 30 heavy (non-hydrogen) atoms. The summed E-state index contributed by atoms with van der Waals surface area (Å²) in [4.78, 5) is 29.9. The lowest BCUT2D eigenvalue weighted by Crippen LogP contribution is -2.56. The molecule has 1 saturated carbocycles. The van der Waals surface area contributed by atoms with Crippen LogP contribution in [0.4, 0.5) is 13.6 Å². The van der Waals surface area contributed by atoms with Gasteiger partial charge in [0, 0.05) is 31.6 Å². The van der Waals surface area contributed by atoms with Crippen LogP contribution < -0.4 is 0 Å². The lowest BCUT2D eigenvalue weighted by Gasteiger charge is -2.52. The second-order valence-electron chi connectivity index (χ2n) is 9.47. The average molecular weight is 430 g/mol. The summed E-state index contributed by atoms with van der Waals surface area (Å²) >= 11 is 0. The van der Waals surface area contributed by atoms with Crippen LogP contribution in [-0.2, 0) is 14.3 Å². The Morgan fingerprint density at radius 3 is 2.37 bits per heavy atom. The van der Waals surface area contributed by atoms with E-state index in [1.807, 2.05) is 11.8 Å². The van der Waals surface area contributed by atoms with Gasteiger partial charge in [0.05, 0.1) is 20.3 Å². The predicted molar refractivity (Wildman–Crippen MR) is 105 cm³/mol. The topological polar surface area (TPSA) is 62.3 Å². The van der Waals surface area contributed by atoms with Gasteiger partial charge in [-0.05, 0) is 57.5 Å². The maximum absolute atomic E-state index is 14.0. The van der Waals surface area contributed by atoms with Crippen molar-refractivity contribution in [3.63, 3.8) is 0 Å². The molecule has 4 rings (SSSR count). The van der Waals surface area contributed by atoms with E-state index >= 15 is 0 Å². The van der Waals surface area contributed by atoms with Crippen LogP contribution in [0.1, 0.15) is 45.4 Å². The number of nitrogens with zero attached hydrogens (tertiary/aromatic N) is 3. The molecule has 4 aliphatic rings. The van der Waals surface area contributed by atoms with Crippen molar-refractivity contribution in [1.82, 2.24) is 14.7 Å². The highest BCUT2D eigenvalue weighted by Gasteiger charge is 2.53. The molecule has 0 unspecified atom stereocenters. The minimum atomic E-state index is -2.83. The zero-order valence-electron chi connectivity index (χ0n) is 17.9. The van der Waals surface area contributed by atoms with Crippen LogP contribution in [0.5, 0.6) is 0 Å². The number of piperidine rings is 1. The molecule has 170 valence electrons. The standard InChI is InChI=1S/C21H33F2N3O4/c1-3-30-19(28)25-9-6-20(13-25)10-16(11-20)24-7-4-15(5-8-24)26-14-21(22,23)12-17(26)18(27)29-2/h15-17H,3-14H2,1-2H3/t16?,17-,20?/m1/s1. The van der Waals surface area contributed by atoms with E-state index in [2.05, 4.69) is 4.90 Å². The molecule has 3 heterocycles. The molecule has 0 radical (unpaired) electrons. The number of halogens is 2. The quantitative estimate of drug-likeness (QED) is 0.640. The van der Waals surface area contributed by atoms with Crippen molar-refractivity contribution in [3.8, 4) is 0 Å². The molecule has 1 aliphatic carbocycles. The van der Waals surface area contributed by atoms with E-state index in [0.717, 1.165) is 58.3 Å². The molecule has 1 amide bonds. The lowest BCUT2D eigenvalue weighted by molar-refractivity contribution is -0.147. The van der Waals surface area contributed by atoms with E-state index in [4.69, 9.17) is 9.47 Å². The number of esters is 1. The van der Waals surface area contributed by atoms with Crippen LogP contribution in [0.15, 0.2) is 0 Å². The second kappa shape index (κ2) is 8.22. The number of ether oxygens (including phenoxy) is 2. The third kappa shape index (κ3) is 4.15. The average Bonchev–Trinajstić information content (AvgIpc) is 3.28. The number of methoxy groups -OCH3 is 1. The predicted octanol–water partition coefficient (Wildman–Crippen LogP) is 2.34. The van der Waals surface area contributed by atoms with Crippen molar-refractivity contribution in [2.24, 2.45) is 5.41 Å². The molecular weight excluding hydrogens is 396 g/mol. The number of carbonyl (C=O) groups excluding carboxylic acids is 2. The van der Waals surface area contributed by atoms with Gasteiger partial charge in [-0.25, -0.2) is 13.6 Å². The largest absolute Gasteiger partial charge is 0.468 e. The van der Waals surface area contributed by atoms with Gasteiger partial charge in [-0.2, -0.15) is 0 Å². The summed E-state index contributed by atoms with van der Waals surface area (Å²) in [5.41, 5.74) is 0.223. The summed E-state index contributed by atoms with van der Waals surface area (Å²) in [7, 11) is 1.26. The summed E-state index contributed by atoms with van der Waals surface area (Å²) in [5, 5.41) is 0. The Kier molecular flexibility index (Phi) is 5.96. The molecule has 7 nitrogen and oxygen atoms in total. The Labute approximate surface area is 176 Å². The lowest BCUT2D eigenvalue weighted by atomic mass is 9.64. The SMILES string of the molecule is CCOC(=O)N1CCC2(CC(N3CCC(N4CC(F)(F)C[C@@H]4C(=O)OC)CC3)C2)C1. The van der Waals surface area contributed by atoms with Crippen LogP contribution in [0.2, 0.25) is 0 Å². The van der Waals surface area contributed by atoms with Gasteiger partial charge in [-0.3, -0.25) is 9.69 Å². The maximum Gasteiger partial charge on any atom is 0.409 e. The molecule has 3 aliphatic heterocycles. The van der Waals surface area contributed by atoms with Gasteiger partial charge in [-0.1, -0.05) is 0 Å². The minimum absolute atomic E-state index is 0.00134. The number of alkyl halides is 2. The molecule has 0 bridgehead atoms. The van der Waals surface area contributed by atoms with Crippen molar-refractivity contribution in [2.75, 3.05) is 46.4 Å². The number of rotatable bonds is 4. The summed E-state index contributed by atoms with van der Waals surface area (Å²) in [5.74, 6) is -3.38. The highest BCUT2D eigenvalue weighted by Crippen LogP contribution is 2.50. The highest BCUT2D eigenvalue weighted by molar-refractivity contribution is 5.76. The monoisotopic (exact) mass is 429 g/mol. The fourth-order valence-electron chi connectivity index (χ4n) is 6.00. The van der Waals surface area contributed by atoms with Crippen LogP contribution in [0.25, 0.3) is 0 Å². The van der Waals surface area contributed by atoms with E-state index in [0.29, 0.717) is 12.6 Å². The summed E-state index contributed by atoms with van der Waals surface area (Å²) in [6.45, 7) is 5.15. The smallest absolute Gasteiger partial charge is 0.409 e. The normalized spacial score (nSPS) is 34.9. The van der Waals surface area contributed by atoms with Crippen LogP contribution in [-0.4, -0.2) is 97.3 Å². The molecule has 0 aromatic carbocycles. The molecule has 0 aromatic rings. The van der Waals surface area contributed by atoms with Gasteiger partial charge in [0.15, 0.2) is 0 Å². The molecule has 4 fully saturated rings. The zero-order valence-corrected chi connectivity index (χ0v) is 17.9. The van der Waals surface area contributed by atoms with Crippen molar-refractivity contribution >= 4 is 12.1 Å². The first-order valence-electron chi connectivity index (χ1n) is 11.1. The summed E-state index contributed by atoms with van der Waals surface area (Å²) in [6, 6.07) is -0.330. The molecule has 3 saturated heterocycles. The van der Waals surface area contributed by atoms with Crippen molar-refractivity contribution in [3.05, 3.63) is 0 Å². The number of likely N-dealkylation sites (tertiary alicyclic amines) is 3. The molecule has 0 aromatic heterocycles. The van der Waals surface area contributed by atoms with Gasteiger partial charge in [0.25, 0.3) is 5.92 Å². The Hall–Kier alpha value is -1.48. The van der Waals surface area contributed by atoms with Crippen LogP contribution in [0, 0.1) is 5.41 Å². The number of amides is 1. The highest BCUT2D eigenvalue weighted by atomic mass is 19.3. The first kappa shape index (κ1) is 21.7. The second-order valence-corrected chi connectivity index (χ2v) is 9.47. The van der Waals surface area contributed by atoms with Crippen molar-refractivity contribution < 1.29 is 27.8 Å². The minimum Gasteiger partial charge on any atom is -0.468 e. The third-order valence-corrected chi connectivity index (χ3v) is 7.57. The van der Waals surface area contributed by atoms with E-state index in [9.17, 15) is 18.4 Å². The molecular formula is C21H33F2N3O4. The number of hydrogen-bond acceptors (Lipinski definition) is 6. The Morgan fingerprint density at radius 2 is 1.73 bits per heavy atom. The van der Waals surface area contributed by atoms with Crippen LogP contribution in [0.3, 0.4) is 0 Å². The zero-order chi connectivity index (χ0) is 21.5. The first-order chi connectivity index (χ1) is 14.3. The molecule has 0 N–H and O–H groups in total. The van der Waals surface area contributed by atoms with E-state index in [1.165, 1.54) is 7.11 Å². The van der Waals surface area contributed by atoms with Gasteiger partial charge in [0.2, 0.25) is 0 Å². The van der Waals surface area contributed by atoms with Gasteiger partial charge in [0.1, 0.15) is 6.04 Å². The summed E-state index contributed by atoms with van der Waals surface area (Å²) < 4.78 is 37.8. The van der Waals surface area contributed by atoms with Crippen LogP contribution >= 0.6 is 0 Å². The molecule has 1 atom stereocenters. The molecule has 1 spiro atoms. The fourth-order valence-corrected chi connectivity index (χ4v) is 6.00. The van der Waals surface area contributed by atoms with E-state index in [-0.39, 0.29) is 24.1 Å². The van der Waals surface area contributed by atoms with E-state index in [1.54, 1.807) is 4.90 Å².